The summed E-state index contributed by atoms with van der Waals surface area (Å²) in [5.41, 5.74) is 6.23. The fraction of sp³-hybridized carbons (Fsp3) is 0.778. The van der Waals surface area contributed by atoms with E-state index in [0.717, 1.165) is 37.4 Å². The molecule has 0 amide bonds. The van der Waals surface area contributed by atoms with Crippen molar-refractivity contribution in [1.82, 2.24) is 0 Å². The van der Waals surface area contributed by atoms with E-state index in [4.69, 9.17) is 10.2 Å². The predicted molar refractivity (Wildman–Crippen MR) is 83.9 cm³/mol. The van der Waals surface area contributed by atoms with E-state index in [1.807, 2.05) is 12.1 Å². The monoisotopic (exact) mass is 291 g/mol. The van der Waals surface area contributed by atoms with E-state index >= 15 is 0 Å². The molecule has 0 radical (unpaired) electrons. The second-order valence-corrected chi connectivity index (χ2v) is 8.19. The Hall–Kier alpha value is -0.800. The van der Waals surface area contributed by atoms with Gasteiger partial charge in [0.1, 0.15) is 17.6 Å². The van der Waals surface area contributed by atoms with Crippen molar-refractivity contribution in [2.24, 2.45) is 22.5 Å². The molecule has 2 aliphatic carbocycles. The standard InChI is InChI=1S/C18H29NO2/c1-12-10-13(12)14-4-5-15(21-14)16(20)18(11-19)8-6-17(2,3)7-9-18/h4-5,12-13,16,20H,6-11,19H2,1-3H3. The lowest BCUT2D eigenvalue weighted by Crippen LogP contribution is -2.41. The van der Waals surface area contributed by atoms with Gasteiger partial charge < -0.3 is 15.3 Å². The summed E-state index contributed by atoms with van der Waals surface area (Å²) < 4.78 is 5.97. The van der Waals surface area contributed by atoms with Gasteiger partial charge in [-0.3, -0.25) is 0 Å². The number of furan rings is 1. The third-order valence-corrected chi connectivity index (χ3v) is 5.98. The van der Waals surface area contributed by atoms with Crippen LogP contribution >= 0.6 is 0 Å². The predicted octanol–water partition coefficient (Wildman–Crippen LogP) is 3.98. The van der Waals surface area contributed by atoms with Gasteiger partial charge in [0.2, 0.25) is 0 Å². The van der Waals surface area contributed by atoms with Crippen molar-refractivity contribution < 1.29 is 9.52 Å². The lowest BCUT2D eigenvalue weighted by molar-refractivity contribution is -0.0352. The van der Waals surface area contributed by atoms with Crippen LogP contribution in [0.2, 0.25) is 0 Å². The molecule has 3 rings (SSSR count). The van der Waals surface area contributed by atoms with Crippen LogP contribution in [0.1, 0.15) is 76.4 Å². The smallest absolute Gasteiger partial charge is 0.133 e. The number of hydrogen-bond donors (Lipinski definition) is 2. The van der Waals surface area contributed by atoms with Crippen molar-refractivity contribution in [1.29, 1.82) is 0 Å². The molecular weight excluding hydrogens is 262 g/mol. The molecule has 1 aromatic heterocycles. The second kappa shape index (κ2) is 5.13. The molecule has 0 saturated heterocycles. The lowest BCUT2D eigenvalue weighted by atomic mass is 9.62. The topological polar surface area (TPSA) is 59.4 Å². The number of hydrogen-bond acceptors (Lipinski definition) is 3. The summed E-state index contributed by atoms with van der Waals surface area (Å²) in [5, 5.41) is 10.9. The molecule has 3 unspecified atom stereocenters. The molecule has 0 aromatic carbocycles. The molecule has 3 atom stereocenters. The van der Waals surface area contributed by atoms with Crippen molar-refractivity contribution >= 4 is 0 Å². The zero-order chi connectivity index (χ0) is 15.3. The molecule has 1 heterocycles. The van der Waals surface area contributed by atoms with Gasteiger partial charge in [-0.2, -0.15) is 0 Å². The molecule has 2 fully saturated rings. The fourth-order valence-corrected chi connectivity index (χ4v) is 3.75. The van der Waals surface area contributed by atoms with Crippen molar-refractivity contribution in [3.63, 3.8) is 0 Å². The Balaban J connectivity index is 1.76. The Labute approximate surface area is 127 Å². The van der Waals surface area contributed by atoms with Crippen LogP contribution in [-0.2, 0) is 0 Å². The van der Waals surface area contributed by atoms with Crippen molar-refractivity contribution in [3.05, 3.63) is 23.7 Å². The van der Waals surface area contributed by atoms with Gasteiger partial charge in [-0.05, 0) is 55.6 Å². The largest absolute Gasteiger partial charge is 0.463 e. The van der Waals surface area contributed by atoms with Gasteiger partial charge in [0.25, 0.3) is 0 Å². The SMILES string of the molecule is CC1CC1c1ccc(C(O)C2(CN)CCC(C)(C)CC2)o1. The zero-order valence-corrected chi connectivity index (χ0v) is 13.6. The Morgan fingerprint density at radius 3 is 2.43 bits per heavy atom. The lowest BCUT2D eigenvalue weighted by Gasteiger charge is -2.45. The highest BCUT2D eigenvalue weighted by molar-refractivity contribution is 5.20. The first-order chi connectivity index (χ1) is 9.87. The molecule has 3 heteroatoms. The maximum Gasteiger partial charge on any atom is 0.133 e. The fourth-order valence-electron chi connectivity index (χ4n) is 3.75. The first-order valence-electron chi connectivity index (χ1n) is 8.35. The highest BCUT2D eigenvalue weighted by Gasteiger charge is 2.45. The van der Waals surface area contributed by atoms with Gasteiger partial charge in [-0.25, -0.2) is 0 Å². The van der Waals surface area contributed by atoms with Crippen LogP contribution in [0.25, 0.3) is 0 Å². The number of aliphatic hydroxyl groups is 1. The highest BCUT2D eigenvalue weighted by atomic mass is 16.4. The summed E-state index contributed by atoms with van der Waals surface area (Å²) in [4.78, 5) is 0. The van der Waals surface area contributed by atoms with Gasteiger partial charge in [0.05, 0.1) is 0 Å². The van der Waals surface area contributed by atoms with E-state index < -0.39 is 6.10 Å². The number of aliphatic hydroxyl groups excluding tert-OH is 1. The van der Waals surface area contributed by atoms with Crippen LogP contribution in [0.15, 0.2) is 16.5 Å². The summed E-state index contributed by atoms with van der Waals surface area (Å²) in [6, 6.07) is 4.01. The van der Waals surface area contributed by atoms with Gasteiger partial charge in [-0.15, -0.1) is 0 Å². The molecule has 21 heavy (non-hydrogen) atoms. The third-order valence-electron chi connectivity index (χ3n) is 5.98. The number of rotatable bonds is 4. The van der Waals surface area contributed by atoms with E-state index in [0.29, 0.717) is 23.6 Å². The van der Waals surface area contributed by atoms with E-state index in [-0.39, 0.29) is 5.41 Å². The summed E-state index contributed by atoms with van der Waals surface area (Å²) in [7, 11) is 0. The Kier molecular flexibility index (Phi) is 3.69. The molecule has 2 saturated carbocycles. The van der Waals surface area contributed by atoms with Crippen LogP contribution in [0, 0.1) is 16.7 Å². The minimum atomic E-state index is -0.568. The van der Waals surface area contributed by atoms with Crippen LogP contribution in [0.4, 0.5) is 0 Å². The Morgan fingerprint density at radius 1 is 1.29 bits per heavy atom. The van der Waals surface area contributed by atoms with E-state index in [9.17, 15) is 5.11 Å². The molecule has 0 bridgehead atoms. The second-order valence-electron chi connectivity index (χ2n) is 8.19. The Bertz CT molecular complexity index is 495. The average Bonchev–Trinajstić information content (AvgIpc) is 3.00. The minimum Gasteiger partial charge on any atom is -0.463 e. The highest BCUT2D eigenvalue weighted by Crippen LogP contribution is 2.52. The van der Waals surface area contributed by atoms with Crippen molar-refractivity contribution in [2.45, 2.75) is 64.9 Å². The van der Waals surface area contributed by atoms with E-state index in [2.05, 4.69) is 20.8 Å². The van der Waals surface area contributed by atoms with Crippen LogP contribution in [0.5, 0.6) is 0 Å². The minimum absolute atomic E-state index is 0.209. The first kappa shape index (κ1) is 15.1. The Morgan fingerprint density at radius 2 is 1.90 bits per heavy atom. The number of nitrogens with two attached hydrogens (primary N) is 1. The summed E-state index contributed by atoms with van der Waals surface area (Å²) in [6.07, 6.45) is 4.84. The van der Waals surface area contributed by atoms with Crippen LogP contribution in [0.3, 0.4) is 0 Å². The van der Waals surface area contributed by atoms with Crippen molar-refractivity contribution in [3.8, 4) is 0 Å². The van der Waals surface area contributed by atoms with E-state index in [1.165, 1.54) is 6.42 Å². The third kappa shape index (κ3) is 2.78. The summed E-state index contributed by atoms with van der Waals surface area (Å²) >= 11 is 0. The quantitative estimate of drug-likeness (QED) is 0.882. The maximum absolute atomic E-state index is 10.9. The van der Waals surface area contributed by atoms with Crippen molar-refractivity contribution in [2.75, 3.05) is 6.54 Å². The van der Waals surface area contributed by atoms with Gasteiger partial charge in [0, 0.05) is 17.9 Å². The maximum atomic E-state index is 10.9. The van der Waals surface area contributed by atoms with Crippen LogP contribution < -0.4 is 5.73 Å². The molecule has 2 aliphatic rings. The zero-order valence-electron chi connectivity index (χ0n) is 13.6. The molecular formula is C18H29NO2. The molecule has 0 spiro atoms. The van der Waals surface area contributed by atoms with Gasteiger partial charge in [-0.1, -0.05) is 20.8 Å². The van der Waals surface area contributed by atoms with Crippen LogP contribution in [-0.4, -0.2) is 11.7 Å². The summed E-state index contributed by atoms with van der Waals surface area (Å²) in [5.74, 6) is 3.04. The van der Waals surface area contributed by atoms with E-state index in [1.54, 1.807) is 0 Å². The molecule has 118 valence electrons. The average molecular weight is 291 g/mol. The normalized spacial score (nSPS) is 31.9. The first-order valence-corrected chi connectivity index (χ1v) is 8.35. The van der Waals surface area contributed by atoms with Gasteiger partial charge in [0.15, 0.2) is 0 Å². The van der Waals surface area contributed by atoms with Gasteiger partial charge >= 0.3 is 0 Å². The molecule has 1 aromatic rings. The molecule has 3 nitrogen and oxygen atoms in total. The molecule has 0 aliphatic heterocycles. The summed E-state index contributed by atoms with van der Waals surface area (Å²) in [6.45, 7) is 7.38. The molecule has 3 N–H and O–H groups in total.